The van der Waals surface area contributed by atoms with E-state index in [1.165, 1.54) is 24.3 Å². The van der Waals surface area contributed by atoms with Crippen LogP contribution in [0.3, 0.4) is 0 Å². The van der Waals surface area contributed by atoms with Crippen LogP contribution in [0.4, 0.5) is 28.0 Å². The van der Waals surface area contributed by atoms with Gasteiger partial charge >= 0.3 is 6.18 Å². The minimum atomic E-state index is -4.58. The number of imide groups is 1. The van der Waals surface area contributed by atoms with Crippen molar-refractivity contribution in [2.24, 2.45) is 0 Å². The lowest BCUT2D eigenvalue weighted by Crippen LogP contribution is -2.36. The Morgan fingerprint density at radius 1 is 1.00 bits per heavy atom. The van der Waals surface area contributed by atoms with Crippen molar-refractivity contribution in [3.63, 3.8) is 0 Å². The summed E-state index contributed by atoms with van der Waals surface area (Å²) in [7, 11) is 0. The van der Waals surface area contributed by atoms with E-state index in [-0.39, 0.29) is 23.0 Å². The van der Waals surface area contributed by atoms with E-state index < -0.39 is 35.3 Å². The van der Waals surface area contributed by atoms with Crippen molar-refractivity contribution in [3.05, 3.63) is 100 Å². The minimum absolute atomic E-state index is 0.0943. The first-order chi connectivity index (χ1) is 17.6. The smallest absolute Gasteiger partial charge is 0.416 e. The number of benzene rings is 3. The van der Waals surface area contributed by atoms with Crippen LogP contribution < -0.4 is 10.1 Å². The molecule has 1 fully saturated rings. The van der Waals surface area contributed by atoms with Crippen molar-refractivity contribution in [1.29, 1.82) is 0 Å². The summed E-state index contributed by atoms with van der Waals surface area (Å²) in [6.45, 7) is -0.407. The molecule has 0 saturated carbocycles. The first-order valence-corrected chi connectivity index (χ1v) is 11.6. The van der Waals surface area contributed by atoms with Crippen molar-refractivity contribution in [3.8, 4) is 5.75 Å². The topological polar surface area (TPSA) is 75.7 Å². The Hall–Kier alpha value is -4.12. The molecule has 4 rings (SSSR count). The molecule has 3 aromatic rings. The average Bonchev–Trinajstić information content (AvgIpc) is 3.11. The van der Waals surface area contributed by atoms with Crippen molar-refractivity contribution in [2.45, 2.75) is 12.8 Å². The molecular formula is C26H18F4N2O4S. The molecule has 0 unspecified atom stereocenters. The summed E-state index contributed by atoms with van der Waals surface area (Å²) in [6.07, 6.45) is -3.09. The minimum Gasteiger partial charge on any atom is -0.489 e. The maximum Gasteiger partial charge on any atom is 0.416 e. The molecule has 0 aromatic heterocycles. The van der Waals surface area contributed by atoms with Gasteiger partial charge in [0.2, 0.25) is 5.91 Å². The summed E-state index contributed by atoms with van der Waals surface area (Å²) in [5.41, 5.74) is 0.347. The Labute approximate surface area is 212 Å². The maximum absolute atomic E-state index is 13.0. The SMILES string of the molecule is O=C(CN1C(=O)S/C(=C\c2ccc(OCc3ccc(F)cc3)cc2)C1=O)Nc1cccc(C(F)(F)F)c1. The number of thioether (sulfide) groups is 1. The third-order valence-electron chi connectivity index (χ3n) is 5.15. The quantitative estimate of drug-likeness (QED) is 0.295. The summed E-state index contributed by atoms with van der Waals surface area (Å²) in [5.74, 6) is -1.30. The lowest BCUT2D eigenvalue weighted by molar-refractivity contribution is -0.137. The molecule has 1 heterocycles. The number of ether oxygens (including phenoxy) is 1. The zero-order chi connectivity index (χ0) is 26.6. The average molecular weight is 530 g/mol. The van der Waals surface area contributed by atoms with Gasteiger partial charge in [0, 0.05) is 5.69 Å². The maximum atomic E-state index is 13.0. The molecule has 0 atom stereocenters. The number of rotatable bonds is 7. The lowest BCUT2D eigenvalue weighted by Gasteiger charge is -2.13. The van der Waals surface area contributed by atoms with Crippen molar-refractivity contribution in [1.82, 2.24) is 4.90 Å². The fourth-order valence-corrected chi connectivity index (χ4v) is 4.15. The number of anilines is 1. The third-order valence-corrected chi connectivity index (χ3v) is 6.05. The molecule has 3 aromatic carbocycles. The largest absolute Gasteiger partial charge is 0.489 e. The number of nitrogens with zero attached hydrogens (tertiary/aromatic N) is 1. The fraction of sp³-hybridized carbons (Fsp3) is 0.115. The highest BCUT2D eigenvalue weighted by Gasteiger charge is 2.36. The van der Waals surface area contributed by atoms with Crippen LogP contribution in [0.1, 0.15) is 16.7 Å². The van der Waals surface area contributed by atoms with E-state index in [1.54, 1.807) is 36.4 Å². The second-order valence-corrected chi connectivity index (χ2v) is 8.87. The lowest BCUT2D eigenvalue weighted by atomic mass is 10.2. The molecule has 3 amide bonds. The van der Waals surface area contributed by atoms with Gasteiger partial charge < -0.3 is 10.1 Å². The number of carbonyl (C=O) groups is 3. The number of halogens is 4. The van der Waals surface area contributed by atoms with Crippen molar-refractivity contribution < 1.29 is 36.7 Å². The number of carbonyl (C=O) groups excluding carboxylic acids is 3. The van der Waals surface area contributed by atoms with Gasteiger partial charge in [-0.15, -0.1) is 0 Å². The van der Waals surface area contributed by atoms with Gasteiger partial charge in [0.15, 0.2) is 0 Å². The summed E-state index contributed by atoms with van der Waals surface area (Å²) < 4.78 is 57.2. The first-order valence-electron chi connectivity index (χ1n) is 10.8. The van der Waals surface area contributed by atoms with Crippen LogP contribution >= 0.6 is 11.8 Å². The van der Waals surface area contributed by atoms with E-state index in [1.807, 2.05) is 0 Å². The Morgan fingerprint density at radius 2 is 1.70 bits per heavy atom. The van der Waals surface area contributed by atoms with E-state index >= 15 is 0 Å². The Morgan fingerprint density at radius 3 is 2.38 bits per heavy atom. The molecule has 1 saturated heterocycles. The normalized spacial score (nSPS) is 14.8. The van der Waals surface area contributed by atoms with Crippen molar-refractivity contribution in [2.75, 3.05) is 11.9 Å². The van der Waals surface area contributed by atoms with Crippen LogP contribution in [0.5, 0.6) is 5.75 Å². The zero-order valence-corrected chi connectivity index (χ0v) is 19.7. The standard InChI is InChI=1S/C26H18F4N2O4S/c27-19-8-4-17(5-9-19)15-36-21-10-6-16(7-11-21)12-22-24(34)32(25(35)37-22)14-23(33)31-20-3-1-2-18(13-20)26(28,29)30/h1-13H,14-15H2,(H,31,33)/b22-12-. The van der Waals surface area contributed by atoms with Gasteiger partial charge in [-0.1, -0.05) is 30.3 Å². The van der Waals surface area contributed by atoms with E-state index in [4.69, 9.17) is 4.74 Å². The van der Waals surface area contributed by atoms with E-state index in [0.717, 1.165) is 28.7 Å². The Kier molecular flexibility index (Phi) is 7.63. The molecule has 0 spiro atoms. The third kappa shape index (κ3) is 6.76. The van der Waals surface area contributed by atoms with Crippen LogP contribution in [-0.4, -0.2) is 28.5 Å². The summed E-state index contributed by atoms with van der Waals surface area (Å²) in [5, 5.41) is 1.60. The number of amides is 3. The molecule has 1 aliphatic heterocycles. The van der Waals surface area contributed by atoms with Gasteiger partial charge in [-0.05, 0) is 71.4 Å². The second-order valence-electron chi connectivity index (χ2n) is 7.88. The van der Waals surface area contributed by atoms with Crippen LogP contribution in [0.25, 0.3) is 6.08 Å². The zero-order valence-electron chi connectivity index (χ0n) is 18.9. The summed E-state index contributed by atoms with van der Waals surface area (Å²) >= 11 is 0.652. The molecular weight excluding hydrogens is 512 g/mol. The molecule has 0 bridgehead atoms. The number of alkyl halides is 3. The van der Waals surface area contributed by atoms with Gasteiger partial charge in [0.05, 0.1) is 10.5 Å². The highest BCUT2D eigenvalue weighted by molar-refractivity contribution is 8.18. The second kappa shape index (κ2) is 10.9. The van der Waals surface area contributed by atoms with Crippen LogP contribution in [0.2, 0.25) is 0 Å². The predicted octanol–water partition coefficient (Wildman–Crippen LogP) is 6.10. The number of hydrogen-bond donors (Lipinski definition) is 1. The molecule has 1 N–H and O–H groups in total. The fourth-order valence-electron chi connectivity index (χ4n) is 3.31. The van der Waals surface area contributed by atoms with Gasteiger partial charge in [0.1, 0.15) is 24.7 Å². The molecule has 1 aliphatic rings. The highest BCUT2D eigenvalue weighted by Crippen LogP contribution is 2.33. The summed E-state index contributed by atoms with van der Waals surface area (Å²) in [6, 6.07) is 16.6. The van der Waals surface area contributed by atoms with Gasteiger partial charge in [0.25, 0.3) is 11.1 Å². The monoisotopic (exact) mass is 530 g/mol. The molecule has 190 valence electrons. The molecule has 0 aliphatic carbocycles. The van der Waals surface area contributed by atoms with E-state index in [9.17, 15) is 31.9 Å². The van der Waals surface area contributed by atoms with Gasteiger partial charge in [-0.25, -0.2) is 4.39 Å². The summed E-state index contributed by atoms with van der Waals surface area (Å²) in [4.78, 5) is 38.1. The van der Waals surface area contributed by atoms with Crippen LogP contribution in [0.15, 0.2) is 77.7 Å². The first kappa shape index (κ1) is 26.0. The van der Waals surface area contributed by atoms with Crippen molar-refractivity contribution >= 4 is 40.6 Å². The number of hydrogen-bond acceptors (Lipinski definition) is 5. The van der Waals surface area contributed by atoms with Crippen LogP contribution in [0, 0.1) is 5.82 Å². The predicted molar refractivity (Wildman–Crippen MR) is 130 cm³/mol. The molecule has 37 heavy (non-hydrogen) atoms. The van der Waals surface area contributed by atoms with Gasteiger partial charge in [-0.3, -0.25) is 19.3 Å². The Bertz CT molecular complexity index is 1360. The van der Waals surface area contributed by atoms with E-state index in [2.05, 4.69) is 5.32 Å². The Balaban J connectivity index is 1.35. The van der Waals surface area contributed by atoms with Gasteiger partial charge in [-0.2, -0.15) is 13.2 Å². The molecule has 11 heteroatoms. The highest BCUT2D eigenvalue weighted by atomic mass is 32.2. The van der Waals surface area contributed by atoms with E-state index in [0.29, 0.717) is 23.1 Å². The molecule has 0 radical (unpaired) electrons. The molecule has 6 nitrogen and oxygen atoms in total. The number of nitrogens with one attached hydrogen (secondary N) is 1. The van der Waals surface area contributed by atoms with Crippen LogP contribution in [-0.2, 0) is 22.4 Å².